The molecule has 0 spiro atoms. The molecule has 3 rings (SSSR count). The third-order valence-corrected chi connectivity index (χ3v) is 4.52. The molecular formula is C15H12Cl2N2OS. The molecule has 3 aromatic rings. The molecule has 0 bridgehead atoms. The largest absolute Gasteiger partial charge is 0.463 e. The van der Waals surface area contributed by atoms with Crippen molar-refractivity contribution in [3.63, 3.8) is 0 Å². The number of nitrogens with zero attached hydrogens (tertiary/aromatic N) is 1. The summed E-state index contributed by atoms with van der Waals surface area (Å²) < 4.78 is 5.35. The predicted molar refractivity (Wildman–Crippen MR) is 86.8 cm³/mol. The molecule has 2 heterocycles. The minimum atomic E-state index is 0.645. The Kier molecular flexibility index (Phi) is 4.60. The van der Waals surface area contributed by atoms with E-state index in [1.807, 2.05) is 30.5 Å². The lowest BCUT2D eigenvalue weighted by Crippen LogP contribution is -2.12. The molecule has 1 aromatic carbocycles. The topological polar surface area (TPSA) is 38.1 Å². The average molecular weight is 339 g/mol. The van der Waals surface area contributed by atoms with Crippen molar-refractivity contribution in [2.24, 2.45) is 0 Å². The van der Waals surface area contributed by atoms with E-state index in [1.165, 1.54) is 0 Å². The van der Waals surface area contributed by atoms with Crippen molar-refractivity contribution in [3.05, 3.63) is 63.4 Å². The number of benzene rings is 1. The Morgan fingerprint density at radius 2 is 2.10 bits per heavy atom. The maximum Gasteiger partial charge on any atom is 0.145 e. The van der Waals surface area contributed by atoms with E-state index in [0.717, 1.165) is 21.2 Å². The Labute approximate surface area is 136 Å². The average Bonchev–Trinajstić information content (AvgIpc) is 3.11. The van der Waals surface area contributed by atoms with Crippen LogP contribution in [0.4, 0.5) is 0 Å². The van der Waals surface area contributed by atoms with Gasteiger partial charge in [0.05, 0.1) is 11.1 Å². The number of thiazole rings is 1. The highest BCUT2D eigenvalue weighted by Gasteiger charge is 2.07. The highest BCUT2D eigenvalue weighted by molar-refractivity contribution is 7.15. The van der Waals surface area contributed by atoms with Crippen LogP contribution >= 0.6 is 34.5 Å². The molecule has 0 amide bonds. The predicted octanol–water partition coefficient (Wildman–Crippen LogP) is 5.00. The summed E-state index contributed by atoms with van der Waals surface area (Å²) in [4.78, 5) is 5.41. The zero-order valence-electron chi connectivity index (χ0n) is 11.0. The summed E-state index contributed by atoms with van der Waals surface area (Å²) in [5.41, 5.74) is 1.02. The van der Waals surface area contributed by atoms with Crippen LogP contribution < -0.4 is 5.32 Å². The first kappa shape index (κ1) is 14.6. The number of hydrogen-bond donors (Lipinski definition) is 1. The highest BCUT2D eigenvalue weighted by Crippen LogP contribution is 2.26. The van der Waals surface area contributed by atoms with E-state index in [9.17, 15) is 0 Å². The van der Waals surface area contributed by atoms with Crippen LogP contribution in [0.5, 0.6) is 0 Å². The Bertz CT molecular complexity index is 725. The van der Waals surface area contributed by atoms with Gasteiger partial charge < -0.3 is 9.73 Å². The Morgan fingerprint density at radius 3 is 2.86 bits per heavy atom. The van der Waals surface area contributed by atoms with Gasteiger partial charge in [0.25, 0.3) is 0 Å². The molecular weight excluding hydrogens is 327 g/mol. The van der Waals surface area contributed by atoms with E-state index in [2.05, 4.69) is 10.3 Å². The zero-order chi connectivity index (χ0) is 14.7. The van der Waals surface area contributed by atoms with Crippen LogP contribution in [-0.4, -0.2) is 4.98 Å². The van der Waals surface area contributed by atoms with Gasteiger partial charge in [0.2, 0.25) is 0 Å². The van der Waals surface area contributed by atoms with Gasteiger partial charge in [0.1, 0.15) is 10.8 Å². The fourth-order valence-electron chi connectivity index (χ4n) is 1.89. The minimum absolute atomic E-state index is 0.645. The SMILES string of the molecule is Clc1ccc(CNCc2ncc(-c3ccco3)s2)c(Cl)c1. The molecule has 108 valence electrons. The number of hydrogen-bond acceptors (Lipinski definition) is 4. The van der Waals surface area contributed by atoms with Crippen molar-refractivity contribution < 1.29 is 4.42 Å². The Hall–Kier alpha value is -1.33. The molecule has 1 N–H and O–H groups in total. The summed E-state index contributed by atoms with van der Waals surface area (Å²) in [7, 11) is 0. The van der Waals surface area contributed by atoms with Gasteiger partial charge in [-0.3, -0.25) is 0 Å². The zero-order valence-corrected chi connectivity index (χ0v) is 13.3. The number of aromatic nitrogens is 1. The van der Waals surface area contributed by atoms with Crippen LogP contribution in [0, 0.1) is 0 Å². The van der Waals surface area contributed by atoms with Crippen LogP contribution in [0.2, 0.25) is 10.0 Å². The number of nitrogens with one attached hydrogen (secondary N) is 1. The summed E-state index contributed by atoms with van der Waals surface area (Å²) in [6, 6.07) is 9.31. The lowest BCUT2D eigenvalue weighted by molar-refractivity contribution is 0.583. The quantitative estimate of drug-likeness (QED) is 0.711. The Morgan fingerprint density at radius 1 is 1.19 bits per heavy atom. The maximum absolute atomic E-state index is 6.13. The Balaban J connectivity index is 1.58. The van der Waals surface area contributed by atoms with Gasteiger partial charge in [0, 0.05) is 29.3 Å². The lowest BCUT2D eigenvalue weighted by Gasteiger charge is -2.05. The van der Waals surface area contributed by atoms with Crippen LogP contribution in [0.25, 0.3) is 10.6 Å². The van der Waals surface area contributed by atoms with E-state index in [4.69, 9.17) is 27.6 Å². The number of rotatable bonds is 5. The molecule has 0 fully saturated rings. The van der Waals surface area contributed by atoms with Gasteiger partial charge in [-0.05, 0) is 29.8 Å². The first-order valence-corrected chi connectivity index (χ1v) is 7.93. The van der Waals surface area contributed by atoms with Gasteiger partial charge in [-0.1, -0.05) is 29.3 Å². The number of furan rings is 1. The standard InChI is InChI=1S/C15H12Cl2N2OS/c16-11-4-3-10(12(17)6-11)7-18-9-15-19-8-14(21-15)13-2-1-5-20-13/h1-6,8,18H,7,9H2. The maximum atomic E-state index is 6.13. The molecule has 0 aliphatic carbocycles. The van der Waals surface area contributed by atoms with E-state index in [1.54, 1.807) is 23.7 Å². The van der Waals surface area contributed by atoms with Gasteiger partial charge in [-0.15, -0.1) is 11.3 Å². The van der Waals surface area contributed by atoms with Gasteiger partial charge in [-0.25, -0.2) is 4.98 Å². The van der Waals surface area contributed by atoms with E-state index >= 15 is 0 Å². The fraction of sp³-hybridized carbons (Fsp3) is 0.133. The normalized spacial score (nSPS) is 11.0. The smallest absolute Gasteiger partial charge is 0.145 e. The first-order valence-electron chi connectivity index (χ1n) is 6.35. The van der Waals surface area contributed by atoms with Gasteiger partial charge in [-0.2, -0.15) is 0 Å². The van der Waals surface area contributed by atoms with Crippen LogP contribution in [0.1, 0.15) is 10.6 Å². The molecule has 0 radical (unpaired) electrons. The van der Waals surface area contributed by atoms with Crippen molar-refractivity contribution in [2.45, 2.75) is 13.1 Å². The highest BCUT2D eigenvalue weighted by atomic mass is 35.5. The summed E-state index contributed by atoms with van der Waals surface area (Å²) in [5, 5.41) is 5.65. The monoisotopic (exact) mass is 338 g/mol. The fourth-order valence-corrected chi connectivity index (χ4v) is 3.22. The van der Waals surface area contributed by atoms with Crippen LogP contribution in [0.3, 0.4) is 0 Å². The second-order valence-electron chi connectivity index (χ2n) is 4.43. The molecule has 3 nitrogen and oxygen atoms in total. The molecule has 0 atom stereocenters. The second kappa shape index (κ2) is 6.62. The van der Waals surface area contributed by atoms with Gasteiger partial charge in [0.15, 0.2) is 0 Å². The molecule has 0 aliphatic rings. The van der Waals surface area contributed by atoms with Crippen molar-refractivity contribution >= 4 is 34.5 Å². The van der Waals surface area contributed by atoms with Crippen molar-refractivity contribution in [2.75, 3.05) is 0 Å². The molecule has 21 heavy (non-hydrogen) atoms. The molecule has 2 aromatic heterocycles. The van der Waals surface area contributed by atoms with Gasteiger partial charge >= 0.3 is 0 Å². The molecule has 0 saturated carbocycles. The lowest BCUT2D eigenvalue weighted by atomic mass is 10.2. The summed E-state index contributed by atoms with van der Waals surface area (Å²) in [5.74, 6) is 0.847. The third kappa shape index (κ3) is 3.66. The van der Waals surface area contributed by atoms with Crippen LogP contribution in [-0.2, 0) is 13.1 Å². The van der Waals surface area contributed by atoms with E-state index in [0.29, 0.717) is 23.1 Å². The van der Waals surface area contributed by atoms with Crippen LogP contribution in [0.15, 0.2) is 47.2 Å². The summed E-state index contributed by atoms with van der Waals surface area (Å²) in [6.45, 7) is 1.36. The first-order chi connectivity index (χ1) is 10.2. The third-order valence-electron chi connectivity index (χ3n) is 2.92. The summed E-state index contributed by atoms with van der Waals surface area (Å²) in [6.07, 6.45) is 3.49. The summed E-state index contributed by atoms with van der Waals surface area (Å²) >= 11 is 13.6. The van der Waals surface area contributed by atoms with Crippen molar-refractivity contribution in [3.8, 4) is 10.6 Å². The molecule has 0 saturated heterocycles. The van der Waals surface area contributed by atoms with Crippen molar-refractivity contribution in [1.82, 2.24) is 10.3 Å². The van der Waals surface area contributed by atoms with E-state index in [-0.39, 0.29) is 0 Å². The van der Waals surface area contributed by atoms with E-state index < -0.39 is 0 Å². The number of halogens is 2. The molecule has 6 heteroatoms. The second-order valence-corrected chi connectivity index (χ2v) is 6.39. The van der Waals surface area contributed by atoms with Crippen molar-refractivity contribution in [1.29, 1.82) is 0 Å². The molecule has 0 aliphatic heterocycles. The minimum Gasteiger partial charge on any atom is -0.463 e. The molecule has 0 unspecified atom stereocenters.